The lowest BCUT2D eigenvalue weighted by Gasteiger charge is -2.08. The number of hydrogen-bond acceptors (Lipinski definition) is 4. The van der Waals surface area contributed by atoms with Gasteiger partial charge < -0.3 is 5.32 Å². The lowest BCUT2D eigenvalue weighted by atomic mass is 10.4. The Labute approximate surface area is 99.5 Å². The number of pyridine rings is 1. The first kappa shape index (κ1) is 12.3. The van der Waals surface area contributed by atoms with E-state index in [0.717, 1.165) is 19.0 Å². The van der Waals surface area contributed by atoms with Gasteiger partial charge >= 0.3 is 0 Å². The third-order valence-electron chi connectivity index (χ3n) is 2.42. The van der Waals surface area contributed by atoms with Crippen LogP contribution in [0.5, 0.6) is 0 Å². The summed E-state index contributed by atoms with van der Waals surface area (Å²) in [6.45, 7) is 0.382. The van der Waals surface area contributed by atoms with Crippen LogP contribution in [0.2, 0.25) is 0 Å². The lowest BCUT2D eigenvalue weighted by Crippen LogP contribution is -2.28. The molecule has 7 heteroatoms. The fraction of sp³-hybridized carbons (Fsp3) is 0.500. The molecule has 1 fully saturated rings. The van der Waals surface area contributed by atoms with Crippen molar-refractivity contribution in [2.24, 2.45) is 0 Å². The van der Waals surface area contributed by atoms with Crippen molar-refractivity contribution in [3.05, 3.63) is 24.3 Å². The van der Waals surface area contributed by atoms with Crippen molar-refractivity contribution >= 4 is 15.7 Å². The molecular weight excluding hydrogens is 245 g/mol. The van der Waals surface area contributed by atoms with E-state index in [9.17, 15) is 12.8 Å². The van der Waals surface area contributed by atoms with E-state index in [0.29, 0.717) is 12.6 Å². The molecule has 2 N–H and O–H groups in total. The first-order valence-corrected chi connectivity index (χ1v) is 7.05. The first-order valence-electron chi connectivity index (χ1n) is 5.40. The highest BCUT2D eigenvalue weighted by molar-refractivity contribution is 7.92. The van der Waals surface area contributed by atoms with Gasteiger partial charge in [0.2, 0.25) is 10.0 Å². The molecule has 0 saturated heterocycles. The second-order valence-electron chi connectivity index (χ2n) is 4.00. The van der Waals surface area contributed by atoms with Crippen molar-refractivity contribution in [3.8, 4) is 0 Å². The van der Waals surface area contributed by atoms with Gasteiger partial charge in [0.1, 0.15) is 0 Å². The van der Waals surface area contributed by atoms with E-state index in [-0.39, 0.29) is 11.4 Å². The lowest BCUT2D eigenvalue weighted by molar-refractivity contribution is 0.593. The molecule has 1 aliphatic carbocycles. The Morgan fingerprint density at radius 1 is 1.47 bits per heavy atom. The van der Waals surface area contributed by atoms with Crippen molar-refractivity contribution in [2.75, 3.05) is 17.0 Å². The highest BCUT2D eigenvalue weighted by Crippen LogP contribution is 2.18. The summed E-state index contributed by atoms with van der Waals surface area (Å²) in [7, 11) is -3.51. The molecule has 0 atom stereocenters. The smallest absolute Gasteiger partial charge is 0.234 e. The molecule has 0 bridgehead atoms. The first-order chi connectivity index (χ1) is 8.07. The molecular formula is C10H14FN3O2S. The quantitative estimate of drug-likeness (QED) is 0.789. The van der Waals surface area contributed by atoms with Crippen molar-refractivity contribution < 1.29 is 12.8 Å². The molecule has 0 amide bonds. The third-order valence-corrected chi connectivity index (χ3v) is 3.69. The average molecular weight is 259 g/mol. The molecule has 1 aromatic heterocycles. The predicted molar refractivity (Wildman–Crippen MR) is 62.6 cm³/mol. The molecule has 94 valence electrons. The molecule has 2 rings (SSSR count). The van der Waals surface area contributed by atoms with E-state index in [1.54, 1.807) is 0 Å². The molecule has 17 heavy (non-hydrogen) atoms. The summed E-state index contributed by atoms with van der Waals surface area (Å²) in [6, 6.07) is 1.75. The van der Waals surface area contributed by atoms with Crippen LogP contribution in [0, 0.1) is 5.82 Å². The van der Waals surface area contributed by atoms with Gasteiger partial charge in [-0.25, -0.2) is 12.8 Å². The summed E-state index contributed by atoms with van der Waals surface area (Å²) < 4.78 is 38.6. The maximum absolute atomic E-state index is 13.2. The van der Waals surface area contributed by atoms with Crippen LogP contribution < -0.4 is 10.0 Å². The van der Waals surface area contributed by atoms with Crippen LogP contribution in [0.25, 0.3) is 0 Å². The highest BCUT2D eigenvalue weighted by Gasteiger charge is 2.21. The number of nitrogens with one attached hydrogen (secondary N) is 2. The largest absolute Gasteiger partial charge is 0.313 e. The van der Waals surface area contributed by atoms with Gasteiger partial charge in [-0.2, -0.15) is 0 Å². The van der Waals surface area contributed by atoms with Crippen LogP contribution in [0.3, 0.4) is 0 Å². The zero-order chi connectivity index (χ0) is 12.3. The zero-order valence-corrected chi connectivity index (χ0v) is 10.0. The van der Waals surface area contributed by atoms with Crippen LogP contribution in [0.1, 0.15) is 12.8 Å². The Morgan fingerprint density at radius 3 is 2.88 bits per heavy atom. The Hall–Kier alpha value is -1.21. The van der Waals surface area contributed by atoms with Gasteiger partial charge in [0.25, 0.3) is 0 Å². The minimum absolute atomic E-state index is 0.0635. The standard InChI is InChI=1S/C10H14FN3O2S/c11-9-7-12-4-3-10(9)14-17(15,16)6-5-13-8-1-2-8/h3-4,7-8,13H,1-2,5-6H2,(H,12,14). The van der Waals surface area contributed by atoms with E-state index >= 15 is 0 Å². The maximum Gasteiger partial charge on any atom is 0.234 e. The number of aromatic nitrogens is 1. The summed E-state index contributed by atoms with van der Waals surface area (Å²) in [5.41, 5.74) is -0.0635. The van der Waals surface area contributed by atoms with Gasteiger partial charge in [-0.3, -0.25) is 9.71 Å². The second-order valence-corrected chi connectivity index (χ2v) is 5.85. The molecule has 1 saturated carbocycles. The SMILES string of the molecule is O=S(=O)(CCNC1CC1)Nc1ccncc1F. The Kier molecular flexibility index (Phi) is 3.58. The van der Waals surface area contributed by atoms with Crippen molar-refractivity contribution in [3.63, 3.8) is 0 Å². The van der Waals surface area contributed by atoms with Gasteiger partial charge in [-0.15, -0.1) is 0 Å². The van der Waals surface area contributed by atoms with E-state index in [2.05, 4.69) is 15.0 Å². The van der Waals surface area contributed by atoms with Gasteiger partial charge in [-0.05, 0) is 18.9 Å². The Bertz CT molecular complexity index is 488. The van der Waals surface area contributed by atoms with Crippen LogP contribution in [-0.2, 0) is 10.0 Å². The van der Waals surface area contributed by atoms with Crippen molar-refractivity contribution in [1.82, 2.24) is 10.3 Å². The van der Waals surface area contributed by atoms with Gasteiger partial charge in [-0.1, -0.05) is 0 Å². The number of nitrogens with zero attached hydrogens (tertiary/aromatic N) is 1. The normalized spacial score (nSPS) is 15.8. The summed E-state index contributed by atoms with van der Waals surface area (Å²) in [6.07, 6.45) is 4.52. The van der Waals surface area contributed by atoms with E-state index in [1.807, 2.05) is 0 Å². The van der Waals surface area contributed by atoms with Crippen LogP contribution in [0.4, 0.5) is 10.1 Å². The third kappa shape index (κ3) is 3.94. The van der Waals surface area contributed by atoms with E-state index < -0.39 is 15.8 Å². The summed E-state index contributed by atoms with van der Waals surface area (Å²) in [5, 5.41) is 3.09. The maximum atomic E-state index is 13.2. The minimum Gasteiger partial charge on any atom is -0.313 e. The Balaban J connectivity index is 1.89. The molecule has 0 spiro atoms. The number of anilines is 1. The highest BCUT2D eigenvalue weighted by atomic mass is 32.2. The summed E-state index contributed by atoms with van der Waals surface area (Å²) >= 11 is 0. The van der Waals surface area contributed by atoms with Gasteiger partial charge in [0, 0.05) is 18.8 Å². The van der Waals surface area contributed by atoms with Crippen LogP contribution in [0.15, 0.2) is 18.5 Å². The molecule has 0 radical (unpaired) electrons. The average Bonchev–Trinajstić information content (AvgIpc) is 3.05. The molecule has 0 aromatic carbocycles. The monoisotopic (exact) mass is 259 g/mol. The summed E-state index contributed by atoms with van der Waals surface area (Å²) in [5.74, 6) is -0.739. The van der Waals surface area contributed by atoms with E-state index in [1.165, 1.54) is 12.3 Å². The number of hydrogen-bond donors (Lipinski definition) is 2. The van der Waals surface area contributed by atoms with Crippen LogP contribution in [-0.4, -0.2) is 31.7 Å². The van der Waals surface area contributed by atoms with Crippen LogP contribution >= 0.6 is 0 Å². The van der Waals surface area contributed by atoms with Gasteiger partial charge in [0.05, 0.1) is 17.6 Å². The molecule has 1 aliphatic rings. The topological polar surface area (TPSA) is 71.1 Å². The molecule has 1 aromatic rings. The van der Waals surface area contributed by atoms with E-state index in [4.69, 9.17) is 0 Å². The Morgan fingerprint density at radius 2 is 2.24 bits per heavy atom. The zero-order valence-electron chi connectivity index (χ0n) is 9.19. The van der Waals surface area contributed by atoms with Gasteiger partial charge in [0.15, 0.2) is 5.82 Å². The fourth-order valence-electron chi connectivity index (χ4n) is 1.36. The number of rotatable bonds is 6. The summed E-state index contributed by atoms with van der Waals surface area (Å²) in [4.78, 5) is 3.55. The number of halogens is 1. The molecule has 0 unspecified atom stereocenters. The molecule has 1 heterocycles. The fourth-order valence-corrected chi connectivity index (χ4v) is 2.35. The minimum atomic E-state index is -3.51. The predicted octanol–water partition coefficient (Wildman–Crippen LogP) is 0.714. The number of sulfonamides is 1. The van der Waals surface area contributed by atoms with Crippen molar-refractivity contribution in [2.45, 2.75) is 18.9 Å². The molecule has 5 nitrogen and oxygen atoms in total. The second kappa shape index (κ2) is 4.97. The van der Waals surface area contributed by atoms with Crippen molar-refractivity contribution in [1.29, 1.82) is 0 Å². The molecule has 0 aliphatic heterocycles.